The maximum Gasteiger partial charge on any atom is 0.343 e. The van der Waals surface area contributed by atoms with E-state index < -0.39 is 17.8 Å². The molecule has 0 aliphatic carbocycles. The van der Waals surface area contributed by atoms with Crippen molar-refractivity contribution in [3.05, 3.63) is 94.1 Å². The second kappa shape index (κ2) is 10.1. The van der Waals surface area contributed by atoms with Crippen LogP contribution in [-0.2, 0) is 15.0 Å². The van der Waals surface area contributed by atoms with E-state index in [-0.39, 0.29) is 16.1 Å². The molecular formula is C29H27ClN2O5. The molecule has 190 valence electrons. The normalized spacial score (nSPS) is 13.7. The summed E-state index contributed by atoms with van der Waals surface area (Å²) >= 11 is 6.24. The van der Waals surface area contributed by atoms with E-state index in [0.29, 0.717) is 28.4 Å². The van der Waals surface area contributed by atoms with Gasteiger partial charge in [-0.05, 0) is 54.8 Å². The number of benzene rings is 3. The molecule has 3 aromatic rings. The van der Waals surface area contributed by atoms with Gasteiger partial charge >= 0.3 is 5.97 Å². The number of imide groups is 1. The highest BCUT2D eigenvalue weighted by molar-refractivity contribution is 6.53. The lowest BCUT2D eigenvalue weighted by atomic mass is 9.85. The summed E-state index contributed by atoms with van der Waals surface area (Å²) in [5, 5.41) is 2.66. The number of ether oxygens (including phenoxy) is 2. The Morgan fingerprint density at radius 1 is 0.919 bits per heavy atom. The molecule has 37 heavy (non-hydrogen) atoms. The van der Waals surface area contributed by atoms with Crippen molar-refractivity contribution >= 4 is 40.8 Å². The Balaban J connectivity index is 1.51. The Kier molecular flexibility index (Phi) is 7.09. The predicted octanol–water partition coefficient (Wildman–Crippen LogP) is 5.96. The Bertz CT molecular complexity index is 1420. The molecule has 2 amide bonds. The van der Waals surface area contributed by atoms with E-state index >= 15 is 0 Å². The van der Waals surface area contributed by atoms with Crippen LogP contribution in [0, 0.1) is 6.92 Å². The number of rotatable bonds is 6. The zero-order chi connectivity index (χ0) is 26.9. The maximum absolute atomic E-state index is 13.1. The van der Waals surface area contributed by atoms with Crippen LogP contribution < -0.4 is 19.7 Å². The molecule has 0 bridgehead atoms. The first-order chi connectivity index (χ1) is 17.5. The van der Waals surface area contributed by atoms with Crippen molar-refractivity contribution in [1.82, 2.24) is 0 Å². The third kappa shape index (κ3) is 5.22. The maximum atomic E-state index is 13.1. The number of esters is 1. The zero-order valence-electron chi connectivity index (χ0n) is 21.2. The molecule has 0 fully saturated rings. The largest absolute Gasteiger partial charge is 0.495 e. The quantitative estimate of drug-likeness (QED) is 0.246. The van der Waals surface area contributed by atoms with Crippen molar-refractivity contribution in [2.75, 3.05) is 17.3 Å². The smallest absolute Gasteiger partial charge is 0.343 e. The summed E-state index contributed by atoms with van der Waals surface area (Å²) in [6.45, 7) is 8.17. The number of amides is 2. The number of nitrogens with zero attached hydrogens (tertiary/aromatic N) is 1. The van der Waals surface area contributed by atoms with Crippen LogP contribution in [0.25, 0.3) is 0 Å². The van der Waals surface area contributed by atoms with Crippen molar-refractivity contribution in [2.45, 2.75) is 33.1 Å². The van der Waals surface area contributed by atoms with E-state index in [2.05, 4.69) is 26.1 Å². The van der Waals surface area contributed by atoms with Gasteiger partial charge in [0.2, 0.25) is 0 Å². The first-order valence-corrected chi connectivity index (χ1v) is 12.0. The number of aryl methyl sites for hydroxylation is 1. The first kappa shape index (κ1) is 26.0. The van der Waals surface area contributed by atoms with Gasteiger partial charge in [-0.2, -0.15) is 0 Å². The molecule has 0 spiro atoms. The minimum atomic E-state index is -0.661. The van der Waals surface area contributed by atoms with E-state index in [1.807, 2.05) is 19.1 Å². The van der Waals surface area contributed by atoms with Gasteiger partial charge in [-0.1, -0.05) is 62.2 Å². The van der Waals surface area contributed by atoms with Gasteiger partial charge in [0, 0.05) is 11.3 Å². The molecule has 0 atom stereocenters. The number of carbonyl (C=O) groups is 3. The number of para-hydroxylation sites is 2. The molecule has 1 aliphatic heterocycles. The number of nitrogens with one attached hydrogen (secondary N) is 1. The molecule has 3 aromatic carbocycles. The number of carbonyl (C=O) groups excluding carboxylic acids is 3. The van der Waals surface area contributed by atoms with E-state index in [1.54, 1.807) is 54.6 Å². The summed E-state index contributed by atoms with van der Waals surface area (Å²) < 4.78 is 11.0. The minimum absolute atomic E-state index is 0.0672. The fraction of sp³-hybridized carbons (Fsp3) is 0.207. The average Bonchev–Trinajstić information content (AvgIpc) is 3.07. The minimum Gasteiger partial charge on any atom is -0.495 e. The fourth-order valence-electron chi connectivity index (χ4n) is 3.96. The Labute approximate surface area is 220 Å². The molecule has 1 heterocycles. The highest BCUT2D eigenvalue weighted by atomic mass is 35.5. The highest BCUT2D eigenvalue weighted by Gasteiger charge is 2.40. The molecule has 0 aromatic heterocycles. The van der Waals surface area contributed by atoms with Crippen LogP contribution in [0.4, 0.5) is 11.4 Å². The first-order valence-electron chi connectivity index (χ1n) is 11.6. The van der Waals surface area contributed by atoms with Gasteiger partial charge in [-0.3, -0.25) is 9.59 Å². The average molecular weight is 519 g/mol. The van der Waals surface area contributed by atoms with Gasteiger partial charge in [0.25, 0.3) is 11.8 Å². The van der Waals surface area contributed by atoms with Gasteiger partial charge in [0.15, 0.2) is 0 Å². The number of halogens is 1. The zero-order valence-corrected chi connectivity index (χ0v) is 22.0. The monoisotopic (exact) mass is 518 g/mol. The summed E-state index contributed by atoms with van der Waals surface area (Å²) in [4.78, 5) is 39.7. The van der Waals surface area contributed by atoms with Crippen molar-refractivity contribution < 1.29 is 23.9 Å². The van der Waals surface area contributed by atoms with E-state index in [0.717, 1.165) is 16.0 Å². The van der Waals surface area contributed by atoms with Crippen molar-refractivity contribution in [2.24, 2.45) is 0 Å². The van der Waals surface area contributed by atoms with Gasteiger partial charge < -0.3 is 14.8 Å². The molecule has 1 N–H and O–H groups in total. The Morgan fingerprint density at radius 3 is 2.24 bits per heavy atom. The van der Waals surface area contributed by atoms with Crippen LogP contribution in [0.5, 0.6) is 11.5 Å². The fourth-order valence-corrected chi connectivity index (χ4v) is 4.17. The molecular weight excluding hydrogens is 492 g/mol. The Morgan fingerprint density at radius 2 is 1.59 bits per heavy atom. The summed E-state index contributed by atoms with van der Waals surface area (Å²) in [5.41, 5.74) is 2.84. The van der Waals surface area contributed by atoms with Crippen LogP contribution in [0.2, 0.25) is 0 Å². The summed E-state index contributed by atoms with van der Waals surface area (Å²) in [5.74, 6) is -0.911. The van der Waals surface area contributed by atoms with Crippen LogP contribution in [-0.4, -0.2) is 24.9 Å². The number of hydrogen-bond acceptors (Lipinski definition) is 6. The molecule has 0 saturated heterocycles. The SMILES string of the molecule is COc1ccccc1N1C(=O)C(Cl)=C(Nc2ccc(C(=O)Oc3ccc(C)cc3C(C)(C)C)cc2)C1=O. The lowest BCUT2D eigenvalue weighted by Crippen LogP contribution is -2.32. The molecule has 4 rings (SSSR count). The molecule has 0 radical (unpaired) electrons. The topological polar surface area (TPSA) is 84.9 Å². The molecule has 1 aliphatic rings. The van der Waals surface area contributed by atoms with Gasteiger partial charge in [0.05, 0.1) is 18.4 Å². The lowest BCUT2D eigenvalue weighted by molar-refractivity contribution is -0.120. The number of methoxy groups -OCH3 is 1. The second-order valence-electron chi connectivity index (χ2n) is 9.65. The molecule has 8 heteroatoms. The van der Waals surface area contributed by atoms with Gasteiger partial charge in [-0.25, -0.2) is 9.69 Å². The van der Waals surface area contributed by atoms with Crippen LogP contribution in [0.15, 0.2) is 77.5 Å². The third-order valence-electron chi connectivity index (χ3n) is 5.89. The summed E-state index contributed by atoms with van der Waals surface area (Å²) in [7, 11) is 1.45. The van der Waals surface area contributed by atoms with Crippen molar-refractivity contribution in [3.63, 3.8) is 0 Å². The van der Waals surface area contributed by atoms with Crippen LogP contribution in [0.1, 0.15) is 42.3 Å². The number of anilines is 2. The van der Waals surface area contributed by atoms with Gasteiger partial charge in [-0.15, -0.1) is 0 Å². The van der Waals surface area contributed by atoms with E-state index in [1.165, 1.54) is 7.11 Å². The predicted molar refractivity (Wildman–Crippen MR) is 143 cm³/mol. The number of hydrogen-bond donors (Lipinski definition) is 1. The van der Waals surface area contributed by atoms with Crippen LogP contribution in [0.3, 0.4) is 0 Å². The molecule has 7 nitrogen and oxygen atoms in total. The highest BCUT2D eigenvalue weighted by Crippen LogP contribution is 2.36. The third-order valence-corrected chi connectivity index (χ3v) is 6.24. The molecule has 0 saturated carbocycles. The summed E-state index contributed by atoms with van der Waals surface area (Å²) in [6, 6.07) is 18.7. The lowest BCUT2D eigenvalue weighted by Gasteiger charge is -2.22. The van der Waals surface area contributed by atoms with Crippen molar-refractivity contribution in [3.8, 4) is 11.5 Å². The standard InChI is InChI=1S/C29H27ClN2O5/c1-17-10-15-22(20(16-17)29(2,3)4)37-28(35)18-11-13-19(14-12-18)31-25-24(30)26(33)32(27(25)34)21-8-6-7-9-23(21)36-5/h6-16,31H,1-5H3. The summed E-state index contributed by atoms with van der Waals surface area (Å²) in [6.07, 6.45) is 0. The van der Waals surface area contributed by atoms with Gasteiger partial charge in [0.1, 0.15) is 22.2 Å². The second-order valence-corrected chi connectivity index (χ2v) is 10.0. The van der Waals surface area contributed by atoms with Crippen molar-refractivity contribution in [1.29, 1.82) is 0 Å². The Hall–Kier alpha value is -4.10. The van der Waals surface area contributed by atoms with E-state index in [4.69, 9.17) is 21.1 Å². The van der Waals surface area contributed by atoms with Crippen LogP contribution >= 0.6 is 11.6 Å². The molecule has 0 unspecified atom stereocenters. The van der Waals surface area contributed by atoms with E-state index in [9.17, 15) is 14.4 Å².